The number of hydrogen-bond acceptors (Lipinski definition) is 6. The Kier molecular flexibility index (Phi) is 6.05. The Bertz CT molecular complexity index is 1130. The van der Waals surface area contributed by atoms with Crippen LogP contribution in [0, 0.1) is 0 Å². The monoisotopic (exact) mass is 460 g/mol. The van der Waals surface area contributed by atoms with Crippen LogP contribution in [0.1, 0.15) is 35.7 Å². The van der Waals surface area contributed by atoms with E-state index >= 15 is 0 Å². The van der Waals surface area contributed by atoms with E-state index in [0.29, 0.717) is 35.9 Å². The molecule has 0 aliphatic carbocycles. The number of carbonyl (C=O) groups is 1. The van der Waals surface area contributed by atoms with Crippen LogP contribution in [0.2, 0.25) is 0 Å². The third-order valence-electron chi connectivity index (χ3n) is 6.29. The van der Waals surface area contributed by atoms with Crippen molar-refractivity contribution in [3.63, 3.8) is 0 Å². The molecule has 0 bridgehead atoms. The lowest BCUT2D eigenvalue weighted by Crippen LogP contribution is -2.50. The summed E-state index contributed by atoms with van der Waals surface area (Å²) in [5.74, 6) is 1.55. The summed E-state index contributed by atoms with van der Waals surface area (Å²) in [5, 5.41) is 0. The van der Waals surface area contributed by atoms with E-state index < -0.39 is 10.0 Å². The summed E-state index contributed by atoms with van der Waals surface area (Å²) in [6, 6.07) is 10.2. The molecular formula is C23H28N2O6S. The maximum absolute atomic E-state index is 13.2. The van der Waals surface area contributed by atoms with Gasteiger partial charge in [-0.25, -0.2) is 8.42 Å². The number of amides is 1. The smallest absolute Gasteiger partial charge is 0.257 e. The number of sulfonamides is 1. The molecule has 1 amide bonds. The number of rotatable bonds is 5. The summed E-state index contributed by atoms with van der Waals surface area (Å²) in [4.78, 5) is 15.0. The summed E-state index contributed by atoms with van der Waals surface area (Å²) in [7, 11) is -0.763. The summed E-state index contributed by atoms with van der Waals surface area (Å²) in [5.41, 5.74) is 1.58. The van der Waals surface area contributed by atoms with Gasteiger partial charge in [0.1, 0.15) is 11.9 Å². The molecule has 4 rings (SSSR count). The van der Waals surface area contributed by atoms with Crippen molar-refractivity contribution >= 4 is 15.9 Å². The summed E-state index contributed by atoms with van der Waals surface area (Å²) >= 11 is 0. The van der Waals surface area contributed by atoms with Gasteiger partial charge in [0.05, 0.1) is 24.7 Å². The van der Waals surface area contributed by atoms with Crippen molar-refractivity contribution in [3.05, 3.63) is 47.5 Å². The molecule has 2 aliphatic heterocycles. The molecule has 1 saturated heterocycles. The van der Waals surface area contributed by atoms with E-state index in [1.54, 1.807) is 17.0 Å². The van der Waals surface area contributed by atoms with Gasteiger partial charge in [-0.05, 0) is 25.1 Å². The Morgan fingerprint density at radius 2 is 1.69 bits per heavy atom. The van der Waals surface area contributed by atoms with Crippen molar-refractivity contribution in [2.45, 2.75) is 30.8 Å². The lowest BCUT2D eigenvalue weighted by Gasteiger charge is -2.34. The minimum atomic E-state index is -3.72. The highest BCUT2D eigenvalue weighted by atomic mass is 32.2. The number of fused-ring (bicyclic) bond motifs is 1. The Balaban J connectivity index is 1.49. The maximum Gasteiger partial charge on any atom is 0.257 e. The largest absolute Gasteiger partial charge is 0.493 e. The first kappa shape index (κ1) is 22.4. The average molecular weight is 461 g/mol. The molecule has 0 saturated carbocycles. The molecule has 172 valence electrons. The fourth-order valence-corrected chi connectivity index (χ4v) is 5.62. The lowest BCUT2D eigenvalue weighted by atomic mass is 9.96. The number of methoxy groups -OCH3 is 2. The molecule has 0 N–H and O–H groups in total. The van der Waals surface area contributed by atoms with Gasteiger partial charge in [-0.1, -0.05) is 19.1 Å². The zero-order chi connectivity index (χ0) is 23.0. The second-order valence-electron chi connectivity index (χ2n) is 8.05. The second-order valence-corrected chi connectivity index (χ2v) is 9.99. The third-order valence-corrected chi connectivity index (χ3v) is 8.19. The molecule has 0 aromatic heterocycles. The van der Waals surface area contributed by atoms with Crippen molar-refractivity contribution in [1.29, 1.82) is 0 Å². The van der Waals surface area contributed by atoms with Crippen molar-refractivity contribution in [2.24, 2.45) is 0 Å². The Morgan fingerprint density at radius 3 is 2.34 bits per heavy atom. The van der Waals surface area contributed by atoms with Gasteiger partial charge in [0.25, 0.3) is 5.91 Å². The quantitative estimate of drug-likeness (QED) is 0.682. The molecule has 2 heterocycles. The third kappa shape index (κ3) is 3.80. The van der Waals surface area contributed by atoms with Crippen molar-refractivity contribution in [3.8, 4) is 17.2 Å². The molecule has 2 aliphatic rings. The Labute approximate surface area is 188 Å². The fourth-order valence-electron chi connectivity index (χ4n) is 4.18. The minimum Gasteiger partial charge on any atom is -0.493 e. The zero-order valence-electron chi connectivity index (χ0n) is 18.7. The first-order valence-electron chi connectivity index (χ1n) is 10.6. The predicted molar refractivity (Wildman–Crippen MR) is 119 cm³/mol. The van der Waals surface area contributed by atoms with E-state index in [-0.39, 0.29) is 35.9 Å². The van der Waals surface area contributed by atoms with Crippen LogP contribution < -0.4 is 14.2 Å². The van der Waals surface area contributed by atoms with Crippen LogP contribution in [-0.2, 0) is 10.0 Å². The van der Waals surface area contributed by atoms with E-state index in [0.717, 1.165) is 5.56 Å². The van der Waals surface area contributed by atoms with Gasteiger partial charge >= 0.3 is 0 Å². The van der Waals surface area contributed by atoms with Crippen LogP contribution in [0.15, 0.2) is 41.3 Å². The molecule has 1 fully saturated rings. The summed E-state index contributed by atoms with van der Waals surface area (Å²) < 4.78 is 44.0. The van der Waals surface area contributed by atoms with E-state index in [2.05, 4.69) is 6.92 Å². The van der Waals surface area contributed by atoms with E-state index in [1.807, 2.05) is 19.1 Å². The van der Waals surface area contributed by atoms with Gasteiger partial charge in [0.15, 0.2) is 11.5 Å². The molecule has 2 atom stereocenters. The molecule has 0 unspecified atom stereocenters. The molecule has 32 heavy (non-hydrogen) atoms. The highest BCUT2D eigenvalue weighted by Gasteiger charge is 2.35. The topological polar surface area (TPSA) is 85.4 Å². The van der Waals surface area contributed by atoms with Crippen LogP contribution in [0.25, 0.3) is 0 Å². The van der Waals surface area contributed by atoms with Gasteiger partial charge in [-0.2, -0.15) is 4.31 Å². The average Bonchev–Trinajstić information content (AvgIpc) is 3.11. The number of benzene rings is 2. The Morgan fingerprint density at radius 1 is 1.00 bits per heavy atom. The van der Waals surface area contributed by atoms with Crippen molar-refractivity contribution in [1.82, 2.24) is 9.21 Å². The van der Waals surface area contributed by atoms with Crippen molar-refractivity contribution < 1.29 is 27.4 Å². The Hall–Kier alpha value is -2.78. The van der Waals surface area contributed by atoms with Crippen LogP contribution in [0.3, 0.4) is 0 Å². The number of carbonyl (C=O) groups excluding carboxylic acids is 1. The molecular weight excluding hydrogens is 432 g/mol. The highest BCUT2D eigenvalue weighted by molar-refractivity contribution is 7.89. The molecule has 8 nitrogen and oxygen atoms in total. The molecule has 9 heteroatoms. The molecule has 0 spiro atoms. The van der Waals surface area contributed by atoms with E-state index in [4.69, 9.17) is 14.2 Å². The van der Waals surface area contributed by atoms with Crippen LogP contribution in [-0.4, -0.2) is 70.0 Å². The van der Waals surface area contributed by atoms with Gasteiger partial charge in [-0.3, -0.25) is 4.79 Å². The van der Waals surface area contributed by atoms with E-state index in [9.17, 15) is 13.2 Å². The zero-order valence-corrected chi connectivity index (χ0v) is 19.5. The first-order valence-corrected chi connectivity index (χ1v) is 12.0. The second kappa shape index (κ2) is 8.63. The maximum atomic E-state index is 13.2. The van der Waals surface area contributed by atoms with Gasteiger partial charge in [-0.15, -0.1) is 0 Å². The van der Waals surface area contributed by atoms with Crippen LogP contribution in [0.4, 0.5) is 0 Å². The van der Waals surface area contributed by atoms with Crippen LogP contribution in [0.5, 0.6) is 17.2 Å². The number of para-hydroxylation sites is 1. The normalized spacial score (nSPS) is 21.1. The van der Waals surface area contributed by atoms with Gasteiger partial charge in [0, 0.05) is 43.7 Å². The lowest BCUT2D eigenvalue weighted by molar-refractivity contribution is 0.0692. The number of ether oxygens (including phenoxy) is 3. The predicted octanol–water partition coefficient (Wildman–Crippen LogP) is 2.73. The minimum absolute atomic E-state index is 0.0161. The molecule has 2 aromatic carbocycles. The fraction of sp³-hybridized carbons (Fsp3) is 0.435. The van der Waals surface area contributed by atoms with E-state index in [1.165, 1.54) is 30.7 Å². The number of hydrogen-bond donors (Lipinski definition) is 0. The standard InChI is InChI=1S/C23H28N2O6S/c1-15-16(2)31-22-18(15)6-5-7-19(22)23(26)24-10-12-25(13-11-24)32(27,28)17-8-9-20(29-3)21(14-17)30-4/h5-9,14-16H,10-13H2,1-4H3/t15-,16+/m1/s1. The van der Waals surface area contributed by atoms with Gasteiger partial charge < -0.3 is 19.1 Å². The summed E-state index contributed by atoms with van der Waals surface area (Å²) in [6.07, 6.45) is 0.0161. The van der Waals surface area contributed by atoms with Gasteiger partial charge in [0.2, 0.25) is 10.0 Å². The summed E-state index contributed by atoms with van der Waals surface area (Å²) in [6.45, 7) is 5.12. The molecule has 2 aromatic rings. The highest BCUT2D eigenvalue weighted by Crippen LogP contribution is 2.40. The number of nitrogens with zero attached hydrogens (tertiary/aromatic N) is 2. The van der Waals surface area contributed by atoms with Crippen molar-refractivity contribution in [2.75, 3.05) is 40.4 Å². The first-order chi connectivity index (χ1) is 15.3. The SMILES string of the molecule is COc1ccc(S(=O)(=O)N2CCN(C(=O)c3cccc4c3O[C@@H](C)[C@H]4C)CC2)cc1OC. The number of piperazine rings is 1. The van der Waals surface area contributed by atoms with Crippen LogP contribution >= 0.6 is 0 Å². The molecule has 0 radical (unpaired) electrons.